The molecule has 1 N–H and O–H groups in total. The first-order valence-electron chi connectivity index (χ1n) is 7.49. The lowest BCUT2D eigenvalue weighted by Gasteiger charge is -2.07. The average molecular weight is 326 g/mol. The number of rotatable bonds is 7. The van der Waals surface area contributed by atoms with Gasteiger partial charge in [0.25, 0.3) is 5.78 Å². The highest BCUT2D eigenvalue weighted by molar-refractivity contribution is 6.39. The lowest BCUT2D eigenvalue weighted by molar-refractivity contribution is -0.151. The third-order valence-electron chi connectivity index (χ3n) is 3.14. The molecule has 0 radical (unpaired) electrons. The summed E-state index contributed by atoms with van der Waals surface area (Å²) in [5.41, 5.74) is 1.45. The first-order valence-corrected chi connectivity index (χ1v) is 7.49. The zero-order valence-electron chi connectivity index (χ0n) is 13.3. The number of aliphatic hydroxyl groups is 1. The van der Waals surface area contributed by atoms with Crippen molar-refractivity contribution < 1.29 is 24.2 Å². The molecule has 24 heavy (non-hydrogen) atoms. The Labute approximate surface area is 140 Å². The molecule has 0 aliphatic carbocycles. The fourth-order valence-electron chi connectivity index (χ4n) is 1.93. The van der Waals surface area contributed by atoms with Crippen LogP contribution < -0.4 is 4.74 Å². The minimum absolute atomic E-state index is 0.104. The maximum atomic E-state index is 11.5. The number of carbonyl (C=O) groups is 2. The average Bonchev–Trinajstić information content (AvgIpc) is 2.61. The molecule has 2 rings (SSSR count). The Morgan fingerprint density at radius 1 is 1.04 bits per heavy atom. The maximum Gasteiger partial charge on any atom is 0.379 e. The topological polar surface area (TPSA) is 72.8 Å². The minimum atomic E-state index is -0.994. The van der Waals surface area contributed by atoms with Gasteiger partial charge < -0.3 is 14.6 Å². The number of aliphatic hydroxyl groups excluding tert-OH is 1. The number of carbonyl (C=O) groups excluding carboxylic acids is 2. The lowest BCUT2D eigenvalue weighted by atomic mass is 10.1. The van der Waals surface area contributed by atoms with Crippen LogP contribution in [0, 0.1) is 0 Å². The highest BCUT2D eigenvalue weighted by atomic mass is 16.5. The van der Waals surface area contributed by atoms with Gasteiger partial charge in [0.2, 0.25) is 0 Å². The Kier molecular flexibility index (Phi) is 6.14. The number of ether oxygens (including phenoxy) is 2. The molecule has 2 aromatic carbocycles. The summed E-state index contributed by atoms with van der Waals surface area (Å²) in [4.78, 5) is 22.7. The van der Waals surface area contributed by atoms with Crippen molar-refractivity contribution in [2.75, 3.05) is 6.61 Å². The minimum Gasteiger partial charge on any atom is -0.507 e. The van der Waals surface area contributed by atoms with Crippen LogP contribution in [0.25, 0.3) is 5.76 Å². The Balaban J connectivity index is 1.98. The first kappa shape index (κ1) is 17.3. The van der Waals surface area contributed by atoms with Gasteiger partial charge in [0.05, 0.1) is 6.61 Å². The van der Waals surface area contributed by atoms with Gasteiger partial charge in [-0.15, -0.1) is 0 Å². The second-order valence-electron chi connectivity index (χ2n) is 4.91. The van der Waals surface area contributed by atoms with E-state index < -0.39 is 11.8 Å². The van der Waals surface area contributed by atoms with Crippen LogP contribution in [0.1, 0.15) is 18.1 Å². The molecule has 0 aliphatic rings. The van der Waals surface area contributed by atoms with E-state index in [1.807, 2.05) is 30.3 Å². The maximum absolute atomic E-state index is 11.5. The Morgan fingerprint density at radius 3 is 2.33 bits per heavy atom. The van der Waals surface area contributed by atoms with Crippen LogP contribution in [0.15, 0.2) is 60.7 Å². The van der Waals surface area contributed by atoms with Crippen LogP contribution in [0.5, 0.6) is 5.75 Å². The zero-order chi connectivity index (χ0) is 17.4. The predicted octanol–water partition coefficient (Wildman–Crippen LogP) is 3.30. The molecular weight excluding hydrogens is 308 g/mol. The Hall–Kier alpha value is -3.08. The van der Waals surface area contributed by atoms with E-state index in [1.54, 1.807) is 31.2 Å². The normalized spacial score (nSPS) is 11.0. The number of esters is 1. The molecule has 0 spiro atoms. The summed E-state index contributed by atoms with van der Waals surface area (Å²) in [5, 5.41) is 9.90. The van der Waals surface area contributed by atoms with Crippen LogP contribution in [0.4, 0.5) is 0 Å². The van der Waals surface area contributed by atoms with Gasteiger partial charge in [-0.2, -0.15) is 0 Å². The van der Waals surface area contributed by atoms with Crippen LogP contribution in [-0.2, 0) is 20.9 Å². The molecule has 0 heterocycles. The molecule has 5 nitrogen and oxygen atoms in total. The molecule has 0 aromatic heterocycles. The number of ketones is 1. The SMILES string of the molecule is CCOC(=O)C(=O)/C=C(\O)c1ccc(OCc2ccccc2)cc1. The van der Waals surface area contributed by atoms with E-state index in [1.165, 1.54) is 0 Å². The summed E-state index contributed by atoms with van der Waals surface area (Å²) in [5.74, 6) is -1.57. The van der Waals surface area contributed by atoms with Crippen LogP contribution in [-0.4, -0.2) is 23.5 Å². The lowest BCUT2D eigenvalue weighted by Crippen LogP contribution is -2.15. The molecule has 2 aromatic rings. The first-order chi connectivity index (χ1) is 11.6. The molecule has 0 atom stereocenters. The molecule has 5 heteroatoms. The fourth-order valence-corrected chi connectivity index (χ4v) is 1.93. The molecule has 0 fully saturated rings. The van der Waals surface area contributed by atoms with Crippen molar-refractivity contribution >= 4 is 17.5 Å². The van der Waals surface area contributed by atoms with E-state index in [4.69, 9.17) is 4.74 Å². The number of hydrogen-bond acceptors (Lipinski definition) is 5. The third kappa shape index (κ3) is 4.98. The summed E-state index contributed by atoms with van der Waals surface area (Å²) in [6, 6.07) is 16.3. The fraction of sp³-hybridized carbons (Fsp3) is 0.158. The van der Waals surface area contributed by atoms with Crippen LogP contribution in [0.3, 0.4) is 0 Å². The van der Waals surface area contributed by atoms with Crippen LogP contribution >= 0.6 is 0 Å². The quantitative estimate of drug-likeness (QED) is 0.366. The van der Waals surface area contributed by atoms with Crippen molar-refractivity contribution in [1.82, 2.24) is 0 Å². The summed E-state index contributed by atoms with van der Waals surface area (Å²) >= 11 is 0. The van der Waals surface area contributed by atoms with Crippen LogP contribution in [0.2, 0.25) is 0 Å². The summed E-state index contributed by atoms with van der Waals surface area (Å²) in [7, 11) is 0. The number of hydrogen-bond donors (Lipinski definition) is 1. The van der Waals surface area contributed by atoms with Crippen molar-refractivity contribution in [2.24, 2.45) is 0 Å². The highest BCUT2D eigenvalue weighted by Crippen LogP contribution is 2.18. The van der Waals surface area contributed by atoms with E-state index in [-0.39, 0.29) is 12.4 Å². The monoisotopic (exact) mass is 326 g/mol. The van der Waals surface area contributed by atoms with Crippen molar-refractivity contribution in [3.05, 3.63) is 71.8 Å². The second-order valence-corrected chi connectivity index (χ2v) is 4.91. The molecule has 0 saturated heterocycles. The zero-order valence-corrected chi connectivity index (χ0v) is 13.3. The van der Waals surface area contributed by atoms with Gasteiger partial charge in [0.15, 0.2) is 0 Å². The summed E-state index contributed by atoms with van der Waals surface area (Å²) in [6.45, 7) is 2.14. The Morgan fingerprint density at radius 2 is 1.71 bits per heavy atom. The standard InChI is InChI=1S/C19H18O5/c1-2-23-19(22)18(21)12-17(20)15-8-10-16(11-9-15)24-13-14-6-4-3-5-7-14/h3-12,20H,2,13H2,1H3/b17-12-. The van der Waals surface area contributed by atoms with Gasteiger partial charge in [-0.25, -0.2) is 4.79 Å². The molecule has 0 saturated carbocycles. The van der Waals surface area contributed by atoms with E-state index in [9.17, 15) is 14.7 Å². The van der Waals surface area contributed by atoms with Gasteiger partial charge in [0, 0.05) is 11.6 Å². The molecule has 0 aliphatic heterocycles. The predicted molar refractivity (Wildman–Crippen MR) is 89.5 cm³/mol. The third-order valence-corrected chi connectivity index (χ3v) is 3.14. The van der Waals surface area contributed by atoms with Crippen molar-refractivity contribution in [3.8, 4) is 5.75 Å². The van der Waals surface area contributed by atoms with E-state index in [0.717, 1.165) is 11.6 Å². The molecular formula is C19H18O5. The number of benzene rings is 2. The van der Waals surface area contributed by atoms with Gasteiger partial charge in [-0.1, -0.05) is 30.3 Å². The van der Waals surface area contributed by atoms with Gasteiger partial charge >= 0.3 is 5.97 Å². The Bertz CT molecular complexity index is 717. The van der Waals surface area contributed by atoms with Crippen molar-refractivity contribution in [3.63, 3.8) is 0 Å². The van der Waals surface area contributed by atoms with E-state index in [2.05, 4.69) is 4.74 Å². The van der Waals surface area contributed by atoms with E-state index in [0.29, 0.717) is 17.9 Å². The molecule has 0 amide bonds. The molecule has 124 valence electrons. The molecule has 0 unspecified atom stereocenters. The highest BCUT2D eigenvalue weighted by Gasteiger charge is 2.13. The second kappa shape index (κ2) is 8.53. The van der Waals surface area contributed by atoms with Gasteiger partial charge in [0.1, 0.15) is 18.1 Å². The largest absolute Gasteiger partial charge is 0.507 e. The van der Waals surface area contributed by atoms with Gasteiger partial charge in [-0.05, 0) is 36.8 Å². The van der Waals surface area contributed by atoms with Crippen molar-refractivity contribution in [2.45, 2.75) is 13.5 Å². The van der Waals surface area contributed by atoms with E-state index >= 15 is 0 Å². The van der Waals surface area contributed by atoms with Crippen molar-refractivity contribution in [1.29, 1.82) is 0 Å². The summed E-state index contributed by atoms with van der Waals surface area (Å²) in [6.07, 6.45) is 0.845. The smallest absolute Gasteiger partial charge is 0.379 e. The van der Waals surface area contributed by atoms with Gasteiger partial charge in [-0.3, -0.25) is 4.79 Å². The summed E-state index contributed by atoms with van der Waals surface area (Å²) < 4.78 is 10.2. The molecule has 0 bridgehead atoms.